The number of nitrogens with one attached hydrogen (secondary N) is 1. The number of carbonyl (C=O) groups excluding carboxylic acids is 1. The van der Waals surface area contributed by atoms with Gasteiger partial charge in [-0.25, -0.2) is 4.79 Å². The molecular weight excluding hydrogens is 426 g/mol. The van der Waals surface area contributed by atoms with Crippen LogP contribution in [0, 0.1) is 6.92 Å². The van der Waals surface area contributed by atoms with E-state index in [2.05, 4.69) is 5.32 Å². The second-order valence-corrected chi connectivity index (χ2v) is 9.25. The fourth-order valence-electron chi connectivity index (χ4n) is 3.05. The lowest BCUT2D eigenvalue weighted by Crippen LogP contribution is -2.31. The molecule has 32 heavy (non-hydrogen) atoms. The first-order valence-corrected chi connectivity index (χ1v) is 11.7. The Bertz CT molecular complexity index is 1130. The summed E-state index contributed by atoms with van der Waals surface area (Å²) < 4.78 is 35.7. The average Bonchev–Trinajstić information content (AvgIpc) is 2.75. The van der Waals surface area contributed by atoms with Crippen LogP contribution >= 0.6 is 0 Å². The first kappa shape index (κ1) is 23.5. The van der Waals surface area contributed by atoms with Gasteiger partial charge in [-0.3, -0.25) is 5.32 Å². The number of rotatable bonds is 9. The van der Waals surface area contributed by atoms with Crippen molar-refractivity contribution in [1.82, 2.24) is 5.32 Å². The van der Waals surface area contributed by atoms with E-state index in [0.717, 1.165) is 11.1 Å². The molecule has 3 aromatic rings. The number of hydrogen-bond donors (Lipinski definition) is 1. The quantitative estimate of drug-likeness (QED) is 0.378. The summed E-state index contributed by atoms with van der Waals surface area (Å²) in [5.41, 5.74) is 2.63. The van der Waals surface area contributed by atoms with E-state index >= 15 is 0 Å². The van der Waals surface area contributed by atoms with E-state index in [-0.39, 0.29) is 16.7 Å². The molecule has 0 fully saturated rings. The average molecular weight is 454 g/mol. The van der Waals surface area contributed by atoms with Crippen LogP contribution in [-0.2, 0) is 26.2 Å². The topological polar surface area (TPSA) is 81.7 Å². The minimum atomic E-state index is -3.95. The van der Waals surface area contributed by atoms with Crippen LogP contribution in [0.4, 0.5) is 0 Å². The van der Waals surface area contributed by atoms with Crippen LogP contribution in [0.1, 0.15) is 36.6 Å². The van der Waals surface area contributed by atoms with Crippen molar-refractivity contribution in [2.75, 3.05) is 0 Å². The van der Waals surface area contributed by atoms with E-state index in [1.54, 1.807) is 38.1 Å². The van der Waals surface area contributed by atoms with Crippen molar-refractivity contribution in [2.45, 2.75) is 44.4 Å². The zero-order valence-electron chi connectivity index (χ0n) is 18.3. The summed E-state index contributed by atoms with van der Waals surface area (Å²) in [6.45, 7) is 5.93. The van der Waals surface area contributed by atoms with Gasteiger partial charge in [0.2, 0.25) is 0 Å². The van der Waals surface area contributed by atoms with Crippen molar-refractivity contribution in [3.63, 3.8) is 0 Å². The Morgan fingerprint density at radius 1 is 0.906 bits per heavy atom. The molecule has 0 saturated heterocycles. The maximum Gasteiger partial charge on any atom is 0.339 e. The molecule has 0 bridgehead atoms. The third kappa shape index (κ3) is 6.42. The first-order chi connectivity index (χ1) is 15.2. The summed E-state index contributed by atoms with van der Waals surface area (Å²) in [6.07, 6.45) is -0.259. The van der Waals surface area contributed by atoms with E-state index in [1.165, 1.54) is 24.3 Å². The van der Waals surface area contributed by atoms with Crippen molar-refractivity contribution < 1.29 is 22.1 Å². The highest BCUT2D eigenvalue weighted by Crippen LogP contribution is 2.23. The molecule has 168 valence electrons. The summed E-state index contributed by atoms with van der Waals surface area (Å²) >= 11 is 0. The van der Waals surface area contributed by atoms with Crippen LogP contribution in [0.5, 0.6) is 5.75 Å². The Hall–Kier alpha value is -3.16. The molecule has 0 aliphatic rings. The highest BCUT2D eigenvalue weighted by Gasteiger charge is 2.23. The van der Waals surface area contributed by atoms with E-state index in [9.17, 15) is 13.2 Å². The molecule has 0 aliphatic carbocycles. The van der Waals surface area contributed by atoms with Gasteiger partial charge in [-0.15, -0.1) is 0 Å². The smallest absolute Gasteiger partial charge is 0.339 e. The van der Waals surface area contributed by atoms with Crippen molar-refractivity contribution in [3.8, 4) is 5.75 Å². The predicted octanol–water partition coefficient (Wildman–Crippen LogP) is 4.55. The number of aryl methyl sites for hydroxylation is 1. The summed E-state index contributed by atoms with van der Waals surface area (Å²) in [7, 11) is -3.95. The SMILES string of the molecule is Cc1ccc(S(=O)(=O)Oc2ccc(C(NCc3ccccc3)C(=O)OC(C)C)cc2)cc1. The van der Waals surface area contributed by atoms with Gasteiger partial charge in [0.15, 0.2) is 0 Å². The van der Waals surface area contributed by atoms with Gasteiger partial charge in [-0.05, 0) is 56.2 Å². The lowest BCUT2D eigenvalue weighted by Gasteiger charge is -2.20. The monoisotopic (exact) mass is 453 g/mol. The number of carbonyl (C=O) groups is 1. The largest absolute Gasteiger partial charge is 0.462 e. The number of benzene rings is 3. The Labute approximate surface area is 189 Å². The van der Waals surface area contributed by atoms with Gasteiger partial charge in [0.25, 0.3) is 0 Å². The van der Waals surface area contributed by atoms with E-state index in [4.69, 9.17) is 8.92 Å². The fraction of sp³-hybridized carbons (Fsp3) is 0.240. The highest BCUT2D eigenvalue weighted by molar-refractivity contribution is 7.87. The molecule has 0 saturated carbocycles. The van der Waals surface area contributed by atoms with Crippen LogP contribution < -0.4 is 9.50 Å². The summed E-state index contributed by atoms with van der Waals surface area (Å²) in [4.78, 5) is 12.8. The molecule has 0 aromatic heterocycles. The van der Waals surface area contributed by atoms with E-state index in [1.807, 2.05) is 37.3 Å². The molecule has 1 atom stereocenters. The third-order valence-corrected chi connectivity index (χ3v) is 5.93. The van der Waals surface area contributed by atoms with Gasteiger partial charge in [0.05, 0.1) is 6.10 Å². The maximum absolute atomic E-state index is 12.7. The molecule has 1 N–H and O–H groups in total. The Balaban J connectivity index is 1.77. The van der Waals surface area contributed by atoms with Crippen LogP contribution in [0.25, 0.3) is 0 Å². The molecule has 6 nitrogen and oxygen atoms in total. The zero-order valence-corrected chi connectivity index (χ0v) is 19.1. The number of esters is 1. The lowest BCUT2D eigenvalue weighted by molar-refractivity contribution is -0.150. The lowest BCUT2D eigenvalue weighted by atomic mass is 10.1. The molecular formula is C25H27NO5S. The fourth-order valence-corrected chi connectivity index (χ4v) is 3.98. The second kappa shape index (κ2) is 10.4. The molecule has 0 amide bonds. The van der Waals surface area contributed by atoms with Crippen LogP contribution in [-0.4, -0.2) is 20.5 Å². The molecule has 0 radical (unpaired) electrons. The molecule has 1 unspecified atom stereocenters. The zero-order chi connectivity index (χ0) is 23.1. The third-order valence-electron chi connectivity index (χ3n) is 4.67. The summed E-state index contributed by atoms with van der Waals surface area (Å²) in [6, 6.07) is 21.8. The normalized spacial score (nSPS) is 12.4. The minimum Gasteiger partial charge on any atom is -0.462 e. The van der Waals surface area contributed by atoms with Gasteiger partial charge in [-0.2, -0.15) is 8.42 Å². The summed E-state index contributed by atoms with van der Waals surface area (Å²) in [5.74, 6) is -0.245. The van der Waals surface area contributed by atoms with Crippen molar-refractivity contribution in [2.24, 2.45) is 0 Å². The van der Waals surface area contributed by atoms with Crippen LogP contribution in [0.2, 0.25) is 0 Å². The maximum atomic E-state index is 12.7. The van der Waals surface area contributed by atoms with Gasteiger partial charge < -0.3 is 8.92 Å². The van der Waals surface area contributed by atoms with Crippen molar-refractivity contribution in [1.29, 1.82) is 0 Å². The van der Waals surface area contributed by atoms with E-state index in [0.29, 0.717) is 12.1 Å². The van der Waals surface area contributed by atoms with Crippen molar-refractivity contribution >= 4 is 16.1 Å². The van der Waals surface area contributed by atoms with Gasteiger partial charge in [0, 0.05) is 6.54 Å². The minimum absolute atomic E-state index is 0.0788. The standard InChI is InChI=1S/C25H27NO5S/c1-18(2)30-25(27)24(26-17-20-7-5-4-6-8-20)21-11-13-22(14-12-21)31-32(28,29)23-15-9-19(3)10-16-23/h4-16,18,24,26H,17H2,1-3H3. The van der Waals surface area contributed by atoms with Gasteiger partial charge in [-0.1, -0.05) is 60.2 Å². The van der Waals surface area contributed by atoms with Crippen molar-refractivity contribution in [3.05, 3.63) is 95.6 Å². The second-order valence-electron chi connectivity index (χ2n) is 7.70. The van der Waals surface area contributed by atoms with Crippen LogP contribution in [0.3, 0.4) is 0 Å². The Morgan fingerprint density at radius 3 is 2.12 bits per heavy atom. The number of ether oxygens (including phenoxy) is 1. The van der Waals surface area contributed by atoms with Crippen LogP contribution in [0.15, 0.2) is 83.8 Å². The van der Waals surface area contributed by atoms with Gasteiger partial charge >= 0.3 is 16.1 Å². The van der Waals surface area contributed by atoms with Gasteiger partial charge in [0.1, 0.15) is 16.7 Å². The molecule has 7 heteroatoms. The first-order valence-electron chi connectivity index (χ1n) is 10.3. The molecule has 0 heterocycles. The molecule has 3 aromatic carbocycles. The van der Waals surface area contributed by atoms with E-state index < -0.39 is 22.1 Å². The highest BCUT2D eigenvalue weighted by atomic mass is 32.2. The summed E-state index contributed by atoms with van der Waals surface area (Å²) in [5, 5.41) is 3.22. The molecule has 0 aliphatic heterocycles. The molecule has 3 rings (SSSR count). The predicted molar refractivity (Wildman–Crippen MR) is 123 cm³/mol. The Morgan fingerprint density at radius 2 is 1.53 bits per heavy atom. The number of hydrogen-bond acceptors (Lipinski definition) is 6. The Kier molecular flexibility index (Phi) is 7.66. The molecule has 0 spiro atoms.